The summed E-state index contributed by atoms with van der Waals surface area (Å²) in [5.41, 5.74) is 1.26. The molecule has 0 radical (unpaired) electrons. The maximum atomic E-state index is 15.1. The number of carbonyl (C=O) groups is 1. The number of allylic oxidation sites excluding steroid dienone is 1. The molecule has 5 N–H and O–H groups in total. The van der Waals surface area contributed by atoms with Crippen molar-refractivity contribution in [1.29, 1.82) is 0 Å². The van der Waals surface area contributed by atoms with Gasteiger partial charge in [0.1, 0.15) is 35.8 Å². The number of ether oxygens (including phenoxy) is 5. The molecule has 372 valence electrons. The van der Waals surface area contributed by atoms with Crippen LogP contribution in [0.2, 0.25) is 0 Å². The summed E-state index contributed by atoms with van der Waals surface area (Å²) in [5.74, 6) is -1.85. The van der Waals surface area contributed by atoms with Crippen molar-refractivity contribution in [2.45, 2.75) is 191 Å². The molecule has 22 atom stereocenters. The molecule has 13 rings (SSSR count). The number of nitrogens with zero attached hydrogens (tertiary/aromatic N) is 2. The van der Waals surface area contributed by atoms with Gasteiger partial charge in [0.25, 0.3) is 0 Å². The fraction of sp³-hybridized carbons (Fsp3) is 0.836. The van der Waals surface area contributed by atoms with Gasteiger partial charge in [0.15, 0.2) is 5.79 Å². The lowest BCUT2D eigenvalue weighted by Gasteiger charge is -2.62. The number of aliphatic hydroxyl groups is 5. The molecule has 5 heterocycles. The number of hydrogen-bond acceptors (Lipinski definition) is 13. The number of aromatic nitrogens is 2. The van der Waals surface area contributed by atoms with Crippen molar-refractivity contribution in [3.05, 3.63) is 46.1 Å². The van der Waals surface area contributed by atoms with Crippen molar-refractivity contribution in [2.24, 2.45) is 74.9 Å². The number of hydrogen-bond donors (Lipinski definition) is 5. The summed E-state index contributed by atoms with van der Waals surface area (Å²) < 4.78 is 33.0. The van der Waals surface area contributed by atoms with Crippen molar-refractivity contribution in [3.63, 3.8) is 0 Å². The predicted molar refractivity (Wildman–Crippen MR) is 246 cm³/mol. The van der Waals surface area contributed by atoms with Crippen LogP contribution in [-0.4, -0.2) is 114 Å². The van der Waals surface area contributed by atoms with Gasteiger partial charge in [-0.25, -0.2) is 0 Å². The Morgan fingerprint density at radius 3 is 2.19 bits per heavy atom. The normalized spacial score (nSPS) is 56.6. The lowest BCUT2D eigenvalue weighted by Crippen LogP contribution is -2.65. The highest BCUT2D eigenvalue weighted by atomic mass is 16.7. The van der Waals surface area contributed by atoms with Crippen LogP contribution < -0.4 is 0 Å². The van der Waals surface area contributed by atoms with Crippen molar-refractivity contribution >= 4 is 5.78 Å². The third kappa shape index (κ3) is 5.12. The lowest BCUT2D eigenvalue weighted by atomic mass is 9.44. The average molecular weight is 941 g/mol. The number of fused-ring (bicyclic) bond motifs is 13. The fourth-order valence-electron chi connectivity index (χ4n) is 19.7. The van der Waals surface area contributed by atoms with E-state index in [9.17, 15) is 25.5 Å². The van der Waals surface area contributed by atoms with Gasteiger partial charge in [0.05, 0.1) is 58.7 Å². The van der Waals surface area contributed by atoms with Crippen LogP contribution in [0.5, 0.6) is 0 Å². The van der Waals surface area contributed by atoms with Gasteiger partial charge in [-0.1, -0.05) is 57.9 Å². The summed E-state index contributed by atoms with van der Waals surface area (Å²) in [6, 6.07) is 0. The van der Waals surface area contributed by atoms with E-state index >= 15 is 4.79 Å². The quantitative estimate of drug-likeness (QED) is 0.229. The zero-order valence-electron chi connectivity index (χ0n) is 41.7. The standard InChI is InChI=1S/C55H76N2O11/c1-26-32-14-15-33-30-13-11-29-17-38-45(46(64-9)50(29,7)35(30)19-41(60)52(32,33)25-65-54(26)42(61)22-47(3,4)67-54)57-37-16-28-10-12-31-34(49(28,6)21-39(37)56-38)18-40(59)51(8)36(31)20-44-53(51,63)27(2)55(66-44)43(62)23-48(5,24-58)68-55/h15,20,26-32,34-35,40,42-44,46,58-59,61-63H,10-14,16-19,21-25H2,1-9H3/t26-,27+,28+,29+,30+,31-,32-,34+,35+,40-,42-,43-,44+,46+,48+,49+,50+,51-,52-,53-,54+,55+/m1/s1. The smallest absolute Gasteiger partial charge is 0.201 e. The van der Waals surface area contributed by atoms with Gasteiger partial charge < -0.3 is 49.2 Å². The number of methoxy groups -OCH3 is 1. The second kappa shape index (κ2) is 13.9. The summed E-state index contributed by atoms with van der Waals surface area (Å²) in [4.78, 5) is 26.3. The van der Waals surface area contributed by atoms with Crippen LogP contribution in [0.4, 0.5) is 0 Å². The van der Waals surface area contributed by atoms with Crippen molar-refractivity contribution in [3.8, 4) is 0 Å². The van der Waals surface area contributed by atoms with Crippen molar-refractivity contribution < 1.29 is 54.0 Å². The van der Waals surface area contributed by atoms with E-state index in [2.05, 4.69) is 32.9 Å². The molecule has 13 heteroatoms. The molecule has 0 amide bonds. The third-order valence-electron chi connectivity index (χ3n) is 23.2. The molecular weight excluding hydrogens is 865 g/mol. The molecule has 0 unspecified atom stereocenters. The topological polar surface area (TPSA) is 190 Å². The van der Waals surface area contributed by atoms with Crippen LogP contribution in [0.15, 0.2) is 23.3 Å². The lowest BCUT2D eigenvalue weighted by molar-refractivity contribution is -0.336. The molecule has 1 aromatic heterocycles. The Morgan fingerprint density at radius 1 is 0.794 bits per heavy atom. The molecule has 4 aliphatic heterocycles. The van der Waals surface area contributed by atoms with Gasteiger partial charge in [-0.15, -0.1) is 0 Å². The molecule has 0 aromatic carbocycles. The molecule has 12 aliphatic rings. The molecular formula is C55H76N2O11. The van der Waals surface area contributed by atoms with Gasteiger partial charge in [0, 0.05) is 49.0 Å². The van der Waals surface area contributed by atoms with Gasteiger partial charge in [-0.2, -0.15) is 0 Å². The van der Waals surface area contributed by atoms with Crippen LogP contribution >= 0.6 is 0 Å². The van der Waals surface area contributed by atoms with Crippen LogP contribution in [0.3, 0.4) is 0 Å². The summed E-state index contributed by atoms with van der Waals surface area (Å²) in [7, 11) is 1.82. The monoisotopic (exact) mass is 941 g/mol. The van der Waals surface area contributed by atoms with Crippen LogP contribution in [-0.2, 0) is 47.7 Å². The summed E-state index contributed by atoms with van der Waals surface area (Å²) in [5, 5.41) is 58.4. The highest BCUT2D eigenvalue weighted by Gasteiger charge is 2.79. The average Bonchev–Trinajstić information content (AvgIpc) is 4.01. The number of ketones is 1. The Labute approximate surface area is 401 Å². The van der Waals surface area contributed by atoms with Gasteiger partial charge in [0.2, 0.25) is 5.79 Å². The molecule has 13 nitrogen and oxygen atoms in total. The molecule has 68 heavy (non-hydrogen) atoms. The molecule has 8 aliphatic carbocycles. The van der Waals surface area contributed by atoms with E-state index in [4.69, 9.17) is 33.7 Å². The zero-order chi connectivity index (χ0) is 47.9. The fourth-order valence-corrected chi connectivity index (χ4v) is 19.7. The van der Waals surface area contributed by atoms with E-state index in [0.29, 0.717) is 25.2 Å². The van der Waals surface area contributed by atoms with E-state index in [1.807, 2.05) is 34.8 Å². The minimum Gasteiger partial charge on any atom is -0.393 e. The van der Waals surface area contributed by atoms with Crippen molar-refractivity contribution in [1.82, 2.24) is 9.97 Å². The van der Waals surface area contributed by atoms with Gasteiger partial charge in [-0.05, 0) is 125 Å². The maximum Gasteiger partial charge on any atom is 0.201 e. The van der Waals surface area contributed by atoms with Crippen LogP contribution in [0.1, 0.15) is 142 Å². The van der Waals surface area contributed by atoms with E-state index in [1.165, 1.54) is 5.57 Å². The molecule has 4 saturated carbocycles. The number of rotatable bonds is 2. The summed E-state index contributed by atoms with van der Waals surface area (Å²) in [6.07, 6.45) is 9.58. The second-order valence-corrected chi connectivity index (χ2v) is 26.3. The number of carbonyl (C=O) groups excluding carboxylic acids is 1. The van der Waals surface area contributed by atoms with Gasteiger partial charge in [-0.3, -0.25) is 14.8 Å². The Bertz CT molecular complexity index is 2440. The first kappa shape index (κ1) is 45.7. The Kier molecular flexibility index (Phi) is 9.34. The minimum absolute atomic E-state index is 0.0246. The SMILES string of the molecule is CO[C@H]1c2nc3c(nc2C[C@@H]2CC[C@H]4C5=CC[C@@H]6[C@@H](C)[C@]7(OC[C@]56C(=O)C[C@@H]4[C@]21C)OC(C)(C)C[C@H]7O)C[C@@]1(C)[C@@H](CC[C@H]2C4=C[C@@H]5O[C@]6(O[C@](C)(CO)C[C@H]6O)[C@@H](C)[C@]5(O)[C@@]4(C)[C@H](O)C[C@@H]21)C3. The number of aliphatic hydroxyl groups excluding tert-OH is 4. The van der Waals surface area contributed by atoms with E-state index in [1.54, 1.807) is 6.92 Å². The van der Waals surface area contributed by atoms with Crippen molar-refractivity contribution in [2.75, 3.05) is 20.3 Å². The van der Waals surface area contributed by atoms with Crippen LogP contribution in [0.25, 0.3) is 0 Å². The summed E-state index contributed by atoms with van der Waals surface area (Å²) in [6.45, 7) is 16.6. The maximum absolute atomic E-state index is 15.1. The first-order chi connectivity index (χ1) is 32.0. The Morgan fingerprint density at radius 2 is 1.50 bits per heavy atom. The Hall–Kier alpha value is -2.17. The first-order valence-electron chi connectivity index (χ1n) is 26.5. The summed E-state index contributed by atoms with van der Waals surface area (Å²) >= 11 is 0. The van der Waals surface area contributed by atoms with Crippen LogP contribution in [0, 0.1) is 74.9 Å². The highest BCUT2D eigenvalue weighted by Crippen LogP contribution is 2.73. The Balaban J connectivity index is 0.784. The molecule has 4 saturated heterocycles. The zero-order valence-corrected chi connectivity index (χ0v) is 41.7. The molecule has 3 spiro atoms. The highest BCUT2D eigenvalue weighted by molar-refractivity contribution is 5.91. The third-order valence-corrected chi connectivity index (χ3v) is 23.2. The largest absolute Gasteiger partial charge is 0.393 e. The number of Topliss-reactive ketones (excluding diaryl/α,β-unsaturated/α-hetero) is 1. The molecule has 0 bridgehead atoms. The van der Waals surface area contributed by atoms with E-state index in [0.717, 1.165) is 79.7 Å². The van der Waals surface area contributed by atoms with Gasteiger partial charge >= 0.3 is 0 Å². The molecule has 8 fully saturated rings. The first-order valence-corrected chi connectivity index (χ1v) is 26.5. The minimum atomic E-state index is -1.51. The van der Waals surface area contributed by atoms with E-state index < -0.39 is 69.5 Å². The second-order valence-electron chi connectivity index (χ2n) is 26.3. The van der Waals surface area contributed by atoms with E-state index in [-0.39, 0.29) is 83.8 Å². The predicted octanol–water partition coefficient (Wildman–Crippen LogP) is 5.65. The molecule has 1 aromatic rings.